The van der Waals surface area contributed by atoms with E-state index in [0.29, 0.717) is 6.54 Å². The number of aliphatic hydroxyl groups is 1. The molecular weight excluding hydrogens is 222 g/mol. The maximum atomic E-state index is 11.6. The van der Waals surface area contributed by atoms with Gasteiger partial charge in [-0.25, -0.2) is 0 Å². The number of aryl methyl sites for hydroxylation is 1. The monoisotopic (exact) mass is 241 g/mol. The summed E-state index contributed by atoms with van der Waals surface area (Å²) in [7, 11) is 1.52. The molecule has 6 heteroatoms. The van der Waals surface area contributed by atoms with E-state index in [1.54, 1.807) is 0 Å². The highest BCUT2D eigenvalue weighted by molar-refractivity contribution is 4.85. The van der Waals surface area contributed by atoms with Gasteiger partial charge in [0, 0.05) is 26.0 Å². The summed E-state index contributed by atoms with van der Waals surface area (Å²) < 4.78 is 2.46. The molecule has 6 nitrogen and oxygen atoms in total. The summed E-state index contributed by atoms with van der Waals surface area (Å²) >= 11 is 0. The summed E-state index contributed by atoms with van der Waals surface area (Å²) in [6.07, 6.45) is 3.33. The van der Waals surface area contributed by atoms with Gasteiger partial charge in [-0.15, -0.1) is 0 Å². The molecular formula is C11H19N3O3. The van der Waals surface area contributed by atoms with Crippen molar-refractivity contribution in [2.45, 2.75) is 26.0 Å². The van der Waals surface area contributed by atoms with Crippen molar-refractivity contribution >= 4 is 0 Å². The molecule has 1 rings (SSSR count). The molecule has 0 spiro atoms. The molecule has 2 N–H and O–H groups in total. The zero-order valence-corrected chi connectivity index (χ0v) is 10.2. The van der Waals surface area contributed by atoms with Crippen LogP contribution in [-0.4, -0.2) is 33.4 Å². The SMILES string of the molecule is CCCNCC(O)Cn1ccn(C)c(=O)c1=O. The maximum absolute atomic E-state index is 11.6. The van der Waals surface area contributed by atoms with Crippen molar-refractivity contribution in [1.29, 1.82) is 0 Å². The average molecular weight is 241 g/mol. The van der Waals surface area contributed by atoms with Crippen molar-refractivity contribution in [3.63, 3.8) is 0 Å². The van der Waals surface area contributed by atoms with Crippen LogP contribution in [0.15, 0.2) is 22.0 Å². The minimum absolute atomic E-state index is 0.131. The minimum atomic E-state index is -0.675. The Hall–Kier alpha value is -1.40. The van der Waals surface area contributed by atoms with Gasteiger partial charge in [-0.3, -0.25) is 9.59 Å². The fraction of sp³-hybridized carbons (Fsp3) is 0.636. The van der Waals surface area contributed by atoms with E-state index < -0.39 is 17.2 Å². The van der Waals surface area contributed by atoms with Crippen LogP contribution in [-0.2, 0) is 13.6 Å². The van der Waals surface area contributed by atoms with Crippen molar-refractivity contribution in [1.82, 2.24) is 14.5 Å². The summed E-state index contributed by atoms with van der Waals surface area (Å²) in [6.45, 7) is 3.40. The first kappa shape index (κ1) is 13.7. The molecule has 0 aromatic carbocycles. The third-order valence-electron chi connectivity index (χ3n) is 2.45. The Morgan fingerprint density at radius 1 is 1.35 bits per heavy atom. The quantitative estimate of drug-likeness (QED) is 0.490. The van der Waals surface area contributed by atoms with Crippen LogP contribution < -0.4 is 16.4 Å². The van der Waals surface area contributed by atoms with E-state index in [1.807, 2.05) is 6.92 Å². The highest BCUT2D eigenvalue weighted by Crippen LogP contribution is 1.87. The van der Waals surface area contributed by atoms with Crippen LogP contribution in [0.5, 0.6) is 0 Å². The topological polar surface area (TPSA) is 76.3 Å². The number of hydrogen-bond acceptors (Lipinski definition) is 4. The molecule has 0 bridgehead atoms. The second-order valence-electron chi connectivity index (χ2n) is 4.03. The Kier molecular flexibility index (Phi) is 5.11. The lowest BCUT2D eigenvalue weighted by atomic mass is 10.3. The highest BCUT2D eigenvalue weighted by atomic mass is 16.3. The Bertz CT molecular complexity index is 464. The van der Waals surface area contributed by atoms with Crippen LogP contribution in [0.2, 0.25) is 0 Å². The van der Waals surface area contributed by atoms with Gasteiger partial charge in [0.15, 0.2) is 0 Å². The largest absolute Gasteiger partial charge is 0.390 e. The predicted molar refractivity (Wildman–Crippen MR) is 65.1 cm³/mol. The summed E-state index contributed by atoms with van der Waals surface area (Å²) in [5, 5.41) is 12.7. The molecule has 0 saturated carbocycles. The molecule has 1 aromatic heterocycles. The van der Waals surface area contributed by atoms with Crippen molar-refractivity contribution in [3.8, 4) is 0 Å². The van der Waals surface area contributed by atoms with E-state index in [-0.39, 0.29) is 6.54 Å². The van der Waals surface area contributed by atoms with Crippen molar-refractivity contribution in [2.75, 3.05) is 13.1 Å². The Morgan fingerprint density at radius 2 is 2.06 bits per heavy atom. The fourth-order valence-corrected chi connectivity index (χ4v) is 1.47. The Labute approximate surface area is 99.5 Å². The number of rotatable bonds is 6. The fourth-order valence-electron chi connectivity index (χ4n) is 1.47. The second kappa shape index (κ2) is 6.36. The first-order valence-electron chi connectivity index (χ1n) is 5.71. The third kappa shape index (κ3) is 3.83. The smallest absolute Gasteiger partial charge is 0.316 e. The maximum Gasteiger partial charge on any atom is 0.316 e. The van der Waals surface area contributed by atoms with Crippen molar-refractivity contribution in [3.05, 3.63) is 33.1 Å². The van der Waals surface area contributed by atoms with E-state index in [9.17, 15) is 14.7 Å². The molecule has 1 unspecified atom stereocenters. The van der Waals surface area contributed by atoms with Crippen molar-refractivity contribution in [2.24, 2.45) is 7.05 Å². The summed E-state index contributed by atoms with van der Waals surface area (Å²) in [5.41, 5.74) is -1.19. The zero-order chi connectivity index (χ0) is 12.8. The molecule has 0 radical (unpaired) electrons. The molecule has 1 aromatic rings. The van der Waals surface area contributed by atoms with Crippen LogP contribution in [0.3, 0.4) is 0 Å². The molecule has 0 amide bonds. The average Bonchev–Trinajstić information content (AvgIpc) is 2.30. The highest BCUT2D eigenvalue weighted by Gasteiger charge is 2.08. The summed E-state index contributed by atoms with van der Waals surface area (Å²) in [4.78, 5) is 22.9. The van der Waals surface area contributed by atoms with E-state index in [1.165, 1.54) is 28.6 Å². The van der Waals surface area contributed by atoms with Crippen LogP contribution in [0, 0.1) is 0 Å². The van der Waals surface area contributed by atoms with E-state index in [2.05, 4.69) is 5.32 Å². The van der Waals surface area contributed by atoms with Crippen LogP contribution in [0.4, 0.5) is 0 Å². The van der Waals surface area contributed by atoms with Gasteiger partial charge >= 0.3 is 11.1 Å². The first-order chi connectivity index (χ1) is 8.06. The van der Waals surface area contributed by atoms with Gasteiger partial charge in [0.1, 0.15) is 0 Å². The first-order valence-corrected chi connectivity index (χ1v) is 5.71. The molecule has 96 valence electrons. The number of hydrogen-bond donors (Lipinski definition) is 2. The number of aliphatic hydroxyl groups excluding tert-OH is 1. The summed E-state index contributed by atoms with van der Waals surface area (Å²) in [5.74, 6) is 0. The van der Waals surface area contributed by atoms with Crippen LogP contribution >= 0.6 is 0 Å². The van der Waals surface area contributed by atoms with E-state index >= 15 is 0 Å². The van der Waals surface area contributed by atoms with Gasteiger partial charge < -0.3 is 19.6 Å². The van der Waals surface area contributed by atoms with Gasteiger partial charge in [0.25, 0.3) is 0 Å². The van der Waals surface area contributed by atoms with Gasteiger partial charge in [0.05, 0.1) is 12.6 Å². The molecule has 1 heterocycles. The number of aromatic nitrogens is 2. The zero-order valence-electron chi connectivity index (χ0n) is 10.2. The predicted octanol–water partition coefficient (Wildman–Crippen LogP) is -1.09. The Balaban J connectivity index is 2.66. The number of nitrogens with one attached hydrogen (secondary N) is 1. The number of nitrogens with zero attached hydrogens (tertiary/aromatic N) is 2. The van der Waals surface area contributed by atoms with Gasteiger partial charge in [-0.1, -0.05) is 6.92 Å². The van der Waals surface area contributed by atoms with Crippen LogP contribution in [0.25, 0.3) is 0 Å². The van der Waals surface area contributed by atoms with Crippen molar-refractivity contribution < 1.29 is 5.11 Å². The normalized spacial score (nSPS) is 12.6. The van der Waals surface area contributed by atoms with Gasteiger partial charge in [-0.05, 0) is 13.0 Å². The minimum Gasteiger partial charge on any atom is -0.390 e. The third-order valence-corrected chi connectivity index (χ3v) is 2.45. The molecule has 0 saturated heterocycles. The molecule has 0 aliphatic rings. The molecule has 0 aliphatic heterocycles. The van der Waals surface area contributed by atoms with E-state index in [4.69, 9.17) is 0 Å². The molecule has 1 atom stereocenters. The molecule has 0 aliphatic carbocycles. The summed E-state index contributed by atoms with van der Waals surface area (Å²) in [6, 6.07) is 0. The van der Waals surface area contributed by atoms with Gasteiger partial charge in [0.2, 0.25) is 0 Å². The lowest BCUT2D eigenvalue weighted by Gasteiger charge is -2.13. The lowest BCUT2D eigenvalue weighted by Crippen LogP contribution is -2.42. The molecule has 0 fully saturated rings. The van der Waals surface area contributed by atoms with Gasteiger partial charge in [-0.2, -0.15) is 0 Å². The Morgan fingerprint density at radius 3 is 2.71 bits per heavy atom. The van der Waals surface area contributed by atoms with E-state index in [0.717, 1.165) is 13.0 Å². The van der Waals surface area contributed by atoms with Crippen LogP contribution in [0.1, 0.15) is 13.3 Å². The second-order valence-corrected chi connectivity index (χ2v) is 4.03. The lowest BCUT2D eigenvalue weighted by molar-refractivity contribution is 0.150. The standard InChI is InChI=1S/C11H19N3O3/c1-3-4-12-7-9(15)8-14-6-5-13(2)10(16)11(14)17/h5-6,9,12,15H,3-4,7-8H2,1-2H3. The molecule has 17 heavy (non-hydrogen) atoms.